The van der Waals surface area contributed by atoms with E-state index in [4.69, 9.17) is 0 Å². The zero-order valence-electron chi connectivity index (χ0n) is 14.9. The highest BCUT2D eigenvalue weighted by Crippen LogP contribution is 2.62. The number of hydrogen-bond acceptors (Lipinski definition) is 1. The Kier molecular flexibility index (Phi) is 4.46. The molecule has 0 heterocycles. The Hall–Kier alpha value is -0.560. The Balaban J connectivity index is 2.39. The van der Waals surface area contributed by atoms with Gasteiger partial charge in [-0.3, -0.25) is 0 Å². The first-order chi connectivity index (χ1) is 9.63. The average Bonchev–Trinajstić information content (AvgIpc) is 2.35. The fourth-order valence-electron chi connectivity index (χ4n) is 5.33. The fraction of sp³-hybridized carbons (Fsp3) is 0.800. The van der Waals surface area contributed by atoms with E-state index in [1.165, 1.54) is 31.3 Å². The van der Waals surface area contributed by atoms with E-state index in [2.05, 4.69) is 59.8 Å². The lowest BCUT2D eigenvalue weighted by atomic mass is 9.45. The Morgan fingerprint density at radius 2 is 1.76 bits per heavy atom. The Bertz CT molecular complexity index is 441. The molecule has 0 aromatic carbocycles. The summed E-state index contributed by atoms with van der Waals surface area (Å²) in [7, 11) is 0. The van der Waals surface area contributed by atoms with Gasteiger partial charge in [0.1, 0.15) is 0 Å². The van der Waals surface area contributed by atoms with Crippen LogP contribution < -0.4 is 0 Å². The largest absolute Gasteiger partial charge is 0.390 e. The van der Waals surface area contributed by atoms with Crippen LogP contribution in [0.1, 0.15) is 73.6 Å². The van der Waals surface area contributed by atoms with Crippen LogP contribution in [0.5, 0.6) is 0 Å². The standard InChI is InChI=1S/C20H34O/c1-7-15(2)9-10-17-19(5)13-8-12-18(3,4)16(19)11-14-20(17,6)21/h7,9-10,16-17,21H,8,11-14H2,1-6H3/b10-9+,15-7+/t16-,17-,19+,20-/m1/s1. The number of rotatable bonds is 2. The minimum atomic E-state index is -0.566. The smallest absolute Gasteiger partial charge is 0.0687 e. The molecule has 1 nitrogen and oxygen atoms in total. The molecule has 2 fully saturated rings. The van der Waals surface area contributed by atoms with Crippen molar-refractivity contribution in [3.63, 3.8) is 0 Å². The lowest BCUT2D eigenvalue weighted by Gasteiger charge is -2.60. The highest BCUT2D eigenvalue weighted by molar-refractivity contribution is 5.21. The second-order valence-electron chi connectivity index (χ2n) is 8.67. The van der Waals surface area contributed by atoms with Crippen LogP contribution in [0.25, 0.3) is 0 Å². The maximum atomic E-state index is 11.0. The Morgan fingerprint density at radius 3 is 2.38 bits per heavy atom. The van der Waals surface area contributed by atoms with Gasteiger partial charge in [-0.05, 0) is 63.2 Å². The van der Waals surface area contributed by atoms with Crippen LogP contribution in [0, 0.1) is 22.7 Å². The molecule has 1 heteroatoms. The molecule has 21 heavy (non-hydrogen) atoms. The maximum absolute atomic E-state index is 11.0. The van der Waals surface area contributed by atoms with E-state index in [0.29, 0.717) is 5.41 Å². The molecule has 0 spiro atoms. The van der Waals surface area contributed by atoms with Gasteiger partial charge in [-0.2, -0.15) is 0 Å². The second-order valence-corrected chi connectivity index (χ2v) is 8.67. The fourth-order valence-corrected chi connectivity index (χ4v) is 5.33. The van der Waals surface area contributed by atoms with Crippen molar-refractivity contribution in [1.82, 2.24) is 0 Å². The average molecular weight is 290 g/mol. The molecule has 0 amide bonds. The van der Waals surface area contributed by atoms with E-state index in [0.717, 1.165) is 12.3 Å². The summed E-state index contributed by atoms with van der Waals surface area (Å²) in [6.07, 6.45) is 12.6. The lowest BCUT2D eigenvalue weighted by Crippen LogP contribution is -2.56. The first kappa shape index (κ1) is 16.8. The zero-order chi connectivity index (χ0) is 15.9. The van der Waals surface area contributed by atoms with Crippen LogP contribution in [0.15, 0.2) is 23.8 Å². The molecule has 0 aliphatic heterocycles. The van der Waals surface area contributed by atoms with Gasteiger partial charge in [0.15, 0.2) is 0 Å². The van der Waals surface area contributed by atoms with E-state index in [-0.39, 0.29) is 11.3 Å². The van der Waals surface area contributed by atoms with E-state index in [1.54, 1.807) is 0 Å². The quantitative estimate of drug-likeness (QED) is 0.665. The SMILES string of the molecule is C/C=C(C)/C=C/[C@@H]1[C@@]2(C)CCCC(C)(C)[C@H]2CC[C@@]1(C)O. The van der Waals surface area contributed by atoms with Gasteiger partial charge >= 0.3 is 0 Å². The Morgan fingerprint density at radius 1 is 1.10 bits per heavy atom. The third-order valence-electron chi connectivity index (χ3n) is 6.60. The summed E-state index contributed by atoms with van der Waals surface area (Å²) in [5.41, 5.74) is 1.36. The van der Waals surface area contributed by atoms with Crippen molar-refractivity contribution in [3.8, 4) is 0 Å². The molecule has 1 N–H and O–H groups in total. The van der Waals surface area contributed by atoms with Crippen LogP contribution >= 0.6 is 0 Å². The minimum Gasteiger partial charge on any atom is -0.390 e. The molecule has 0 unspecified atom stereocenters. The number of fused-ring (bicyclic) bond motifs is 1. The predicted octanol–water partition coefficient (Wildman–Crippen LogP) is 5.50. The van der Waals surface area contributed by atoms with Crippen LogP contribution in [-0.2, 0) is 0 Å². The van der Waals surface area contributed by atoms with Gasteiger partial charge in [0.25, 0.3) is 0 Å². The van der Waals surface area contributed by atoms with Gasteiger partial charge in [0.2, 0.25) is 0 Å². The van der Waals surface area contributed by atoms with Gasteiger partial charge in [-0.15, -0.1) is 0 Å². The molecular formula is C20H34O. The highest BCUT2D eigenvalue weighted by atomic mass is 16.3. The molecule has 2 aliphatic carbocycles. The van der Waals surface area contributed by atoms with Crippen molar-refractivity contribution >= 4 is 0 Å². The van der Waals surface area contributed by atoms with Crippen molar-refractivity contribution < 1.29 is 5.11 Å². The second kappa shape index (κ2) is 5.57. The molecule has 0 aromatic heterocycles. The number of aliphatic hydroxyl groups is 1. The Labute approximate surface area is 131 Å². The summed E-state index contributed by atoms with van der Waals surface area (Å²) >= 11 is 0. The first-order valence-electron chi connectivity index (χ1n) is 8.67. The van der Waals surface area contributed by atoms with Crippen molar-refractivity contribution in [2.45, 2.75) is 79.2 Å². The predicted molar refractivity (Wildman–Crippen MR) is 91.1 cm³/mol. The van der Waals surface area contributed by atoms with Crippen molar-refractivity contribution in [2.24, 2.45) is 22.7 Å². The topological polar surface area (TPSA) is 20.2 Å². The van der Waals surface area contributed by atoms with Gasteiger partial charge < -0.3 is 5.11 Å². The van der Waals surface area contributed by atoms with Gasteiger partial charge in [-0.1, -0.05) is 51.0 Å². The zero-order valence-corrected chi connectivity index (χ0v) is 14.9. The van der Waals surface area contributed by atoms with Crippen molar-refractivity contribution in [1.29, 1.82) is 0 Å². The van der Waals surface area contributed by atoms with E-state index in [9.17, 15) is 5.11 Å². The van der Waals surface area contributed by atoms with Crippen LogP contribution in [-0.4, -0.2) is 10.7 Å². The van der Waals surface area contributed by atoms with E-state index < -0.39 is 5.60 Å². The molecule has 4 atom stereocenters. The number of hydrogen-bond donors (Lipinski definition) is 1. The van der Waals surface area contributed by atoms with Crippen LogP contribution in [0.3, 0.4) is 0 Å². The third kappa shape index (κ3) is 2.99. The summed E-state index contributed by atoms with van der Waals surface area (Å²) in [6.45, 7) is 13.6. The van der Waals surface area contributed by atoms with E-state index >= 15 is 0 Å². The van der Waals surface area contributed by atoms with Crippen molar-refractivity contribution in [2.75, 3.05) is 0 Å². The minimum absolute atomic E-state index is 0.230. The normalized spacial score (nSPS) is 43.9. The van der Waals surface area contributed by atoms with Gasteiger partial charge in [-0.25, -0.2) is 0 Å². The molecule has 2 saturated carbocycles. The van der Waals surface area contributed by atoms with Crippen molar-refractivity contribution in [3.05, 3.63) is 23.8 Å². The number of allylic oxidation sites excluding steroid dienone is 3. The van der Waals surface area contributed by atoms with E-state index in [1.807, 2.05) is 0 Å². The summed E-state index contributed by atoms with van der Waals surface area (Å²) in [6, 6.07) is 0. The molecule has 0 radical (unpaired) electrons. The molecule has 2 rings (SSSR count). The van der Waals surface area contributed by atoms with Crippen LogP contribution in [0.4, 0.5) is 0 Å². The molecule has 120 valence electrons. The first-order valence-corrected chi connectivity index (χ1v) is 8.67. The highest BCUT2D eigenvalue weighted by Gasteiger charge is 2.56. The monoisotopic (exact) mass is 290 g/mol. The summed E-state index contributed by atoms with van der Waals surface area (Å²) in [5.74, 6) is 0.984. The third-order valence-corrected chi connectivity index (χ3v) is 6.60. The molecule has 2 aliphatic rings. The summed E-state index contributed by atoms with van der Waals surface area (Å²) < 4.78 is 0. The lowest BCUT2D eigenvalue weighted by molar-refractivity contribution is -0.149. The molecule has 0 bridgehead atoms. The molecule has 0 aromatic rings. The molecule has 0 saturated heterocycles. The molecular weight excluding hydrogens is 256 g/mol. The maximum Gasteiger partial charge on any atom is 0.0687 e. The van der Waals surface area contributed by atoms with Gasteiger partial charge in [0.05, 0.1) is 5.60 Å². The summed E-state index contributed by atoms with van der Waals surface area (Å²) in [4.78, 5) is 0. The van der Waals surface area contributed by atoms with Crippen LogP contribution in [0.2, 0.25) is 0 Å². The summed E-state index contributed by atoms with van der Waals surface area (Å²) in [5, 5.41) is 11.0. The van der Waals surface area contributed by atoms with Gasteiger partial charge in [0, 0.05) is 5.92 Å².